The molecule has 1 N–H and O–H groups in total. The fourth-order valence-electron chi connectivity index (χ4n) is 3.60. The largest absolute Gasteiger partial charge is 0.370 e. The summed E-state index contributed by atoms with van der Waals surface area (Å²) >= 11 is 11.4. The van der Waals surface area contributed by atoms with Crippen LogP contribution in [0.25, 0.3) is 5.69 Å². The molecular weight excluding hydrogens is 428 g/mol. The van der Waals surface area contributed by atoms with Crippen LogP contribution in [-0.2, 0) is 9.84 Å². The molecule has 2 heterocycles. The van der Waals surface area contributed by atoms with Gasteiger partial charge in [0.05, 0.1) is 21.2 Å². The van der Waals surface area contributed by atoms with Crippen LogP contribution in [-0.4, -0.2) is 36.3 Å². The summed E-state index contributed by atoms with van der Waals surface area (Å²) in [7, 11) is -3.68. The number of aryl methyl sites for hydroxylation is 1. The van der Waals surface area contributed by atoms with Crippen molar-refractivity contribution in [2.75, 3.05) is 18.0 Å². The van der Waals surface area contributed by atoms with Crippen LogP contribution in [0.15, 0.2) is 52.5 Å². The second-order valence-electron chi connectivity index (χ2n) is 7.14. The van der Waals surface area contributed by atoms with E-state index in [1.807, 2.05) is 0 Å². The van der Waals surface area contributed by atoms with Crippen LogP contribution in [0.2, 0.25) is 5.02 Å². The Labute approximate surface area is 180 Å². The van der Waals surface area contributed by atoms with Gasteiger partial charge in [-0.1, -0.05) is 11.6 Å². The molecule has 0 unspecified atom stereocenters. The summed E-state index contributed by atoms with van der Waals surface area (Å²) in [6.45, 7) is 3.55. The molecule has 9 heteroatoms. The summed E-state index contributed by atoms with van der Waals surface area (Å²) < 4.78 is 28.8. The first-order valence-electron chi connectivity index (χ1n) is 9.40. The van der Waals surface area contributed by atoms with Crippen LogP contribution in [0, 0.1) is 11.7 Å². The van der Waals surface area contributed by atoms with E-state index in [-0.39, 0.29) is 9.79 Å². The SMILES string of the molecule is Cc1cc(S(=O)(=O)c2ccc(-n3cn[nH]c3=S)c(N3CCCCC3)c2)ccc1Cl. The molecule has 0 radical (unpaired) electrons. The smallest absolute Gasteiger partial charge is 0.206 e. The van der Waals surface area contributed by atoms with Crippen molar-refractivity contribution < 1.29 is 8.42 Å². The quantitative estimate of drug-likeness (QED) is 0.585. The molecule has 0 saturated carbocycles. The maximum atomic E-state index is 13.3. The van der Waals surface area contributed by atoms with Gasteiger partial charge in [0.25, 0.3) is 0 Å². The maximum Gasteiger partial charge on any atom is 0.206 e. The number of nitrogens with zero attached hydrogens (tertiary/aromatic N) is 3. The highest BCUT2D eigenvalue weighted by molar-refractivity contribution is 7.91. The van der Waals surface area contributed by atoms with Crippen molar-refractivity contribution >= 4 is 39.3 Å². The summed E-state index contributed by atoms with van der Waals surface area (Å²) in [5, 5.41) is 7.31. The zero-order valence-corrected chi connectivity index (χ0v) is 18.3. The number of hydrogen-bond donors (Lipinski definition) is 1. The number of sulfone groups is 1. The Kier molecular flexibility index (Phi) is 5.50. The predicted molar refractivity (Wildman–Crippen MR) is 116 cm³/mol. The molecule has 1 fully saturated rings. The van der Waals surface area contributed by atoms with Crippen LogP contribution in [0.4, 0.5) is 5.69 Å². The lowest BCUT2D eigenvalue weighted by molar-refractivity contribution is 0.576. The zero-order valence-electron chi connectivity index (χ0n) is 15.9. The monoisotopic (exact) mass is 448 g/mol. The maximum absolute atomic E-state index is 13.3. The Balaban J connectivity index is 1.86. The van der Waals surface area contributed by atoms with Gasteiger partial charge in [-0.25, -0.2) is 8.42 Å². The third-order valence-electron chi connectivity index (χ3n) is 5.21. The van der Waals surface area contributed by atoms with Gasteiger partial charge in [0.15, 0.2) is 4.77 Å². The van der Waals surface area contributed by atoms with Crippen LogP contribution < -0.4 is 4.90 Å². The molecule has 0 amide bonds. The van der Waals surface area contributed by atoms with Gasteiger partial charge in [-0.2, -0.15) is 5.10 Å². The van der Waals surface area contributed by atoms with Gasteiger partial charge < -0.3 is 4.90 Å². The first-order chi connectivity index (χ1) is 13.9. The molecule has 0 spiro atoms. The van der Waals surface area contributed by atoms with Gasteiger partial charge in [0.1, 0.15) is 6.33 Å². The molecule has 6 nitrogen and oxygen atoms in total. The van der Waals surface area contributed by atoms with Gasteiger partial charge in [-0.05, 0) is 80.4 Å². The van der Waals surface area contributed by atoms with Crippen LogP contribution in [0.3, 0.4) is 0 Å². The van der Waals surface area contributed by atoms with E-state index < -0.39 is 9.84 Å². The molecule has 1 aromatic heterocycles. The number of nitrogens with one attached hydrogen (secondary N) is 1. The van der Waals surface area contributed by atoms with Crippen molar-refractivity contribution in [3.8, 4) is 5.69 Å². The van der Waals surface area contributed by atoms with Crippen molar-refractivity contribution in [3.63, 3.8) is 0 Å². The van der Waals surface area contributed by atoms with E-state index in [4.69, 9.17) is 23.8 Å². The van der Waals surface area contributed by atoms with Gasteiger partial charge >= 0.3 is 0 Å². The van der Waals surface area contributed by atoms with Crippen molar-refractivity contribution in [3.05, 3.63) is 58.1 Å². The summed E-state index contributed by atoms with van der Waals surface area (Å²) in [5.74, 6) is 0. The van der Waals surface area contributed by atoms with E-state index >= 15 is 0 Å². The highest BCUT2D eigenvalue weighted by Crippen LogP contribution is 2.33. The average Bonchev–Trinajstić information content (AvgIpc) is 3.16. The Hall–Kier alpha value is -2.16. The lowest BCUT2D eigenvalue weighted by atomic mass is 10.1. The number of aromatic amines is 1. The number of halogens is 1. The first-order valence-corrected chi connectivity index (χ1v) is 11.7. The second-order valence-corrected chi connectivity index (χ2v) is 9.89. The Bertz CT molecular complexity index is 1210. The molecule has 3 aromatic rings. The van der Waals surface area contributed by atoms with Crippen molar-refractivity contribution in [1.82, 2.24) is 14.8 Å². The van der Waals surface area contributed by atoms with Crippen LogP contribution >= 0.6 is 23.8 Å². The lowest BCUT2D eigenvalue weighted by Gasteiger charge is -2.31. The van der Waals surface area contributed by atoms with Gasteiger partial charge in [-0.15, -0.1) is 0 Å². The summed E-state index contributed by atoms with van der Waals surface area (Å²) in [4.78, 5) is 2.70. The zero-order chi connectivity index (χ0) is 20.6. The number of benzene rings is 2. The molecular formula is C20H21ClN4O2S2. The molecule has 2 aromatic carbocycles. The Morgan fingerprint density at radius 3 is 2.38 bits per heavy atom. The van der Waals surface area contributed by atoms with Gasteiger partial charge in [0.2, 0.25) is 9.84 Å². The molecule has 4 rings (SSSR count). The predicted octanol–water partition coefficient (Wildman–Crippen LogP) is 4.71. The Morgan fingerprint density at radius 1 is 1.03 bits per heavy atom. The number of H-pyrrole nitrogens is 1. The van der Waals surface area contributed by atoms with Crippen molar-refractivity contribution in [2.45, 2.75) is 36.0 Å². The van der Waals surface area contributed by atoms with Gasteiger partial charge in [-0.3, -0.25) is 9.67 Å². The van der Waals surface area contributed by atoms with Gasteiger partial charge in [0, 0.05) is 18.1 Å². The lowest BCUT2D eigenvalue weighted by Crippen LogP contribution is -2.30. The summed E-state index contributed by atoms with van der Waals surface area (Å²) in [6, 6.07) is 9.94. The number of hydrogen-bond acceptors (Lipinski definition) is 5. The number of rotatable bonds is 4. The molecule has 0 aliphatic carbocycles. The molecule has 29 heavy (non-hydrogen) atoms. The third-order valence-corrected chi connectivity index (χ3v) is 7.67. The topological polar surface area (TPSA) is 71.0 Å². The fourth-order valence-corrected chi connectivity index (χ4v) is 5.28. The van der Waals surface area contributed by atoms with Crippen LogP contribution in [0.5, 0.6) is 0 Å². The molecule has 1 saturated heterocycles. The normalized spacial score (nSPS) is 14.9. The van der Waals surface area contributed by atoms with E-state index in [0.29, 0.717) is 9.79 Å². The molecule has 0 bridgehead atoms. The first kappa shape index (κ1) is 20.1. The number of piperidine rings is 1. The van der Waals surface area contributed by atoms with E-state index in [1.165, 1.54) is 6.42 Å². The Morgan fingerprint density at radius 2 is 1.72 bits per heavy atom. The van der Waals surface area contributed by atoms with Crippen molar-refractivity contribution in [2.24, 2.45) is 0 Å². The summed E-state index contributed by atoms with van der Waals surface area (Å²) in [5.41, 5.74) is 2.39. The molecule has 1 aliphatic heterocycles. The third kappa shape index (κ3) is 3.84. The fraction of sp³-hybridized carbons (Fsp3) is 0.300. The van der Waals surface area contributed by atoms with E-state index in [0.717, 1.165) is 42.9 Å². The van der Waals surface area contributed by atoms with E-state index in [2.05, 4.69) is 15.1 Å². The van der Waals surface area contributed by atoms with Crippen molar-refractivity contribution in [1.29, 1.82) is 0 Å². The van der Waals surface area contributed by atoms with Crippen LogP contribution in [0.1, 0.15) is 24.8 Å². The minimum absolute atomic E-state index is 0.233. The molecule has 1 aliphatic rings. The number of aromatic nitrogens is 3. The highest BCUT2D eigenvalue weighted by Gasteiger charge is 2.23. The molecule has 0 atom stereocenters. The minimum Gasteiger partial charge on any atom is -0.370 e. The highest BCUT2D eigenvalue weighted by atomic mass is 35.5. The average molecular weight is 449 g/mol. The molecule has 152 valence electrons. The second kappa shape index (κ2) is 7.93. The van der Waals surface area contributed by atoms with E-state index in [1.54, 1.807) is 54.2 Å². The standard InChI is InChI=1S/C20H21ClN4O2S2/c1-14-11-15(5-7-17(14)21)29(26,27)16-6-8-18(25-13-22-23-20(25)28)19(12-16)24-9-3-2-4-10-24/h5-8,11-13H,2-4,9-10H2,1H3,(H,23,28). The minimum atomic E-state index is -3.68. The summed E-state index contributed by atoms with van der Waals surface area (Å²) in [6.07, 6.45) is 4.94. The number of anilines is 1. The van der Waals surface area contributed by atoms with E-state index in [9.17, 15) is 8.42 Å².